The Kier molecular flexibility index (Phi) is 7.87. The van der Waals surface area contributed by atoms with Gasteiger partial charge in [-0.2, -0.15) is 0 Å². The zero-order valence-electron chi connectivity index (χ0n) is 12.0. The molecule has 0 amide bonds. The average Bonchev–Trinajstić information content (AvgIpc) is 2.37. The summed E-state index contributed by atoms with van der Waals surface area (Å²) in [7, 11) is 0. The highest BCUT2D eigenvalue weighted by atomic mass is 16.5. The molecule has 0 aromatic carbocycles. The van der Waals surface area contributed by atoms with Gasteiger partial charge in [0.05, 0.1) is 6.10 Å². The van der Waals surface area contributed by atoms with Crippen molar-refractivity contribution < 1.29 is 4.74 Å². The van der Waals surface area contributed by atoms with E-state index in [1.807, 2.05) is 0 Å². The molecule has 2 heteroatoms. The lowest BCUT2D eigenvalue weighted by Gasteiger charge is -2.29. The summed E-state index contributed by atoms with van der Waals surface area (Å²) < 4.78 is 5.86. The molecule has 17 heavy (non-hydrogen) atoms. The third-order valence-corrected chi connectivity index (χ3v) is 4.09. The Morgan fingerprint density at radius 1 is 1.18 bits per heavy atom. The molecular formula is C15H31NO. The van der Waals surface area contributed by atoms with Crippen LogP contribution in [0.1, 0.15) is 65.7 Å². The van der Waals surface area contributed by atoms with Gasteiger partial charge in [0.25, 0.3) is 0 Å². The molecule has 0 spiro atoms. The van der Waals surface area contributed by atoms with Crippen LogP contribution in [0.4, 0.5) is 0 Å². The maximum atomic E-state index is 5.86. The van der Waals surface area contributed by atoms with Crippen molar-refractivity contribution in [2.24, 2.45) is 5.92 Å². The summed E-state index contributed by atoms with van der Waals surface area (Å²) in [5, 5.41) is 3.65. The standard InChI is InChI=1S/C15H31NO/c1-4-13(5-2)11-14(16-6-3)12-15-9-7-8-10-17-15/h13-16H,4-12H2,1-3H3. The largest absolute Gasteiger partial charge is 0.378 e. The van der Waals surface area contributed by atoms with Crippen molar-refractivity contribution >= 4 is 0 Å². The van der Waals surface area contributed by atoms with Gasteiger partial charge in [0, 0.05) is 12.6 Å². The van der Waals surface area contributed by atoms with Crippen LogP contribution in [0.5, 0.6) is 0 Å². The van der Waals surface area contributed by atoms with Gasteiger partial charge in [0.2, 0.25) is 0 Å². The van der Waals surface area contributed by atoms with E-state index in [-0.39, 0.29) is 0 Å². The zero-order chi connectivity index (χ0) is 12.5. The van der Waals surface area contributed by atoms with Gasteiger partial charge in [-0.3, -0.25) is 0 Å². The van der Waals surface area contributed by atoms with Gasteiger partial charge in [0.15, 0.2) is 0 Å². The van der Waals surface area contributed by atoms with Crippen molar-refractivity contribution in [1.29, 1.82) is 0 Å². The summed E-state index contributed by atoms with van der Waals surface area (Å²) in [5.41, 5.74) is 0. The van der Waals surface area contributed by atoms with Gasteiger partial charge >= 0.3 is 0 Å². The fourth-order valence-corrected chi connectivity index (χ4v) is 2.89. The van der Waals surface area contributed by atoms with E-state index in [9.17, 15) is 0 Å². The molecule has 0 saturated carbocycles. The lowest BCUT2D eigenvalue weighted by atomic mass is 9.90. The minimum atomic E-state index is 0.516. The van der Waals surface area contributed by atoms with Gasteiger partial charge < -0.3 is 10.1 Å². The molecule has 0 aromatic heterocycles. The second kappa shape index (κ2) is 8.93. The van der Waals surface area contributed by atoms with Crippen molar-refractivity contribution in [3.63, 3.8) is 0 Å². The summed E-state index contributed by atoms with van der Waals surface area (Å²) in [6.07, 6.45) is 9.55. The molecule has 2 nitrogen and oxygen atoms in total. The third-order valence-electron chi connectivity index (χ3n) is 4.09. The van der Waals surface area contributed by atoms with Crippen LogP contribution in [0.25, 0.3) is 0 Å². The van der Waals surface area contributed by atoms with E-state index < -0.39 is 0 Å². The number of ether oxygens (including phenoxy) is 1. The molecule has 0 radical (unpaired) electrons. The van der Waals surface area contributed by atoms with Crippen LogP contribution < -0.4 is 5.32 Å². The van der Waals surface area contributed by atoms with E-state index in [1.165, 1.54) is 44.9 Å². The van der Waals surface area contributed by atoms with Crippen LogP contribution in [-0.4, -0.2) is 25.3 Å². The van der Waals surface area contributed by atoms with Crippen molar-refractivity contribution in [3.05, 3.63) is 0 Å². The molecule has 2 unspecified atom stereocenters. The fourth-order valence-electron chi connectivity index (χ4n) is 2.89. The van der Waals surface area contributed by atoms with Crippen LogP contribution in [0, 0.1) is 5.92 Å². The number of rotatable bonds is 8. The first-order valence-corrected chi connectivity index (χ1v) is 7.65. The highest BCUT2D eigenvalue weighted by Crippen LogP contribution is 2.22. The van der Waals surface area contributed by atoms with Crippen LogP contribution in [0.2, 0.25) is 0 Å². The molecule has 1 rings (SSSR count). The van der Waals surface area contributed by atoms with E-state index in [4.69, 9.17) is 4.74 Å². The molecule has 1 heterocycles. The first-order valence-electron chi connectivity index (χ1n) is 7.65. The topological polar surface area (TPSA) is 21.3 Å². The molecule has 1 aliphatic rings. The Bertz CT molecular complexity index is 174. The van der Waals surface area contributed by atoms with Gasteiger partial charge in [-0.05, 0) is 44.6 Å². The molecular weight excluding hydrogens is 210 g/mol. The minimum absolute atomic E-state index is 0.516. The smallest absolute Gasteiger partial charge is 0.0590 e. The van der Waals surface area contributed by atoms with Crippen molar-refractivity contribution in [3.8, 4) is 0 Å². The third kappa shape index (κ3) is 5.87. The molecule has 1 saturated heterocycles. The SMILES string of the molecule is CCNC(CC(CC)CC)CC1CCCCO1. The van der Waals surface area contributed by atoms with E-state index in [0.29, 0.717) is 12.1 Å². The normalized spacial score (nSPS) is 22.9. The molecule has 0 aliphatic carbocycles. The summed E-state index contributed by atoms with van der Waals surface area (Å²) in [6.45, 7) is 8.90. The number of hydrogen-bond donors (Lipinski definition) is 1. The quantitative estimate of drug-likeness (QED) is 0.699. The minimum Gasteiger partial charge on any atom is -0.378 e. The molecule has 2 atom stereocenters. The van der Waals surface area contributed by atoms with Crippen molar-refractivity contribution in [1.82, 2.24) is 5.32 Å². The first kappa shape index (κ1) is 15.0. The van der Waals surface area contributed by atoms with E-state index in [2.05, 4.69) is 26.1 Å². The monoisotopic (exact) mass is 241 g/mol. The summed E-state index contributed by atoms with van der Waals surface area (Å²) >= 11 is 0. The Balaban J connectivity index is 2.35. The molecule has 102 valence electrons. The van der Waals surface area contributed by atoms with Crippen LogP contribution in [0.15, 0.2) is 0 Å². The molecule has 1 N–H and O–H groups in total. The zero-order valence-corrected chi connectivity index (χ0v) is 12.0. The second-order valence-corrected chi connectivity index (χ2v) is 5.40. The maximum Gasteiger partial charge on any atom is 0.0590 e. The van der Waals surface area contributed by atoms with E-state index in [0.717, 1.165) is 19.1 Å². The first-order chi connectivity index (χ1) is 8.30. The molecule has 1 aliphatic heterocycles. The summed E-state index contributed by atoms with van der Waals surface area (Å²) in [4.78, 5) is 0. The lowest BCUT2D eigenvalue weighted by Crippen LogP contribution is -2.36. The van der Waals surface area contributed by atoms with Crippen LogP contribution >= 0.6 is 0 Å². The molecule has 1 fully saturated rings. The maximum absolute atomic E-state index is 5.86. The molecule has 0 aromatic rings. The second-order valence-electron chi connectivity index (χ2n) is 5.40. The lowest BCUT2D eigenvalue weighted by molar-refractivity contribution is 0.00374. The average molecular weight is 241 g/mol. The highest BCUT2D eigenvalue weighted by molar-refractivity contribution is 4.76. The predicted molar refractivity (Wildman–Crippen MR) is 74.4 cm³/mol. The van der Waals surface area contributed by atoms with Gasteiger partial charge in [-0.15, -0.1) is 0 Å². The Hall–Kier alpha value is -0.0800. The van der Waals surface area contributed by atoms with E-state index >= 15 is 0 Å². The Morgan fingerprint density at radius 3 is 2.47 bits per heavy atom. The molecule has 0 bridgehead atoms. The Labute approximate surface area is 108 Å². The van der Waals surface area contributed by atoms with Crippen molar-refractivity contribution in [2.75, 3.05) is 13.2 Å². The predicted octanol–water partition coefficient (Wildman–Crippen LogP) is 3.75. The van der Waals surface area contributed by atoms with Gasteiger partial charge in [0.1, 0.15) is 0 Å². The van der Waals surface area contributed by atoms with Crippen LogP contribution in [0.3, 0.4) is 0 Å². The highest BCUT2D eigenvalue weighted by Gasteiger charge is 2.20. The van der Waals surface area contributed by atoms with Gasteiger partial charge in [-0.25, -0.2) is 0 Å². The van der Waals surface area contributed by atoms with Crippen molar-refractivity contribution in [2.45, 2.75) is 77.9 Å². The fraction of sp³-hybridized carbons (Fsp3) is 1.00. The van der Waals surface area contributed by atoms with E-state index in [1.54, 1.807) is 0 Å². The number of hydrogen-bond acceptors (Lipinski definition) is 2. The van der Waals surface area contributed by atoms with Crippen LogP contribution in [-0.2, 0) is 4.74 Å². The summed E-state index contributed by atoms with van der Waals surface area (Å²) in [6, 6.07) is 0.660. The Morgan fingerprint density at radius 2 is 1.94 bits per heavy atom. The summed E-state index contributed by atoms with van der Waals surface area (Å²) in [5.74, 6) is 0.877. The number of nitrogens with one attached hydrogen (secondary N) is 1. The van der Waals surface area contributed by atoms with Gasteiger partial charge in [-0.1, -0.05) is 33.6 Å².